The van der Waals surface area contributed by atoms with Crippen molar-refractivity contribution in [3.05, 3.63) is 66.2 Å². The molecule has 1 heterocycles. The van der Waals surface area contributed by atoms with E-state index < -0.39 is 10.8 Å². The SMILES string of the molecule is CCOc1cc(Cc2cncnc2)cc(OCC)c1-c1ccc(S(C)=O)cc1. The van der Waals surface area contributed by atoms with E-state index in [0.29, 0.717) is 19.6 Å². The van der Waals surface area contributed by atoms with Gasteiger partial charge in [-0.15, -0.1) is 0 Å². The van der Waals surface area contributed by atoms with Crippen LogP contribution in [-0.4, -0.2) is 33.6 Å². The number of nitrogens with zero attached hydrogens (tertiary/aromatic N) is 2. The topological polar surface area (TPSA) is 61.3 Å². The zero-order valence-electron chi connectivity index (χ0n) is 16.3. The van der Waals surface area contributed by atoms with Gasteiger partial charge in [0.1, 0.15) is 17.8 Å². The van der Waals surface area contributed by atoms with Crippen LogP contribution in [0.4, 0.5) is 0 Å². The van der Waals surface area contributed by atoms with Crippen molar-refractivity contribution >= 4 is 10.8 Å². The van der Waals surface area contributed by atoms with Crippen LogP contribution in [0.1, 0.15) is 25.0 Å². The van der Waals surface area contributed by atoms with Crippen LogP contribution in [0.25, 0.3) is 11.1 Å². The van der Waals surface area contributed by atoms with Crippen molar-refractivity contribution in [3.8, 4) is 22.6 Å². The predicted molar refractivity (Wildman–Crippen MR) is 111 cm³/mol. The van der Waals surface area contributed by atoms with Gasteiger partial charge < -0.3 is 9.47 Å². The number of ether oxygens (including phenoxy) is 2. The minimum Gasteiger partial charge on any atom is -0.493 e. The van der Waals surface area contributed by atoms with Gasteiger partial charge in [-0.3, -0.25) is 4.21 Å². The number of hydrogen-bond donors (Lipinski definition) is 0. The maximum absolute atomic E-state index is 11.7. The highest BCUT2D eigenvalue weighted by atomic mass is 32.2. The van der Waals surface area contributed by atoms with Gasteiger partial charge in [0, 0.05) is 40.8 Å². The largest absolute Gasteiger partial charge is 0.493 e. The van der Waals surface area contributed by atoms with Crippen molar-refractivity contribution in [2.24, 2.45) is 0 Å². The summed E-state index contributed by atoms with van der Waals surface area (Å²) in [6.07, 6.45) is 7.51. The van der Waals surface area contributed by atoms with E-state index in [2.05, 4.69) is 9.97 Å². The van der Waals surface area contributed by atoms with Gasteiger partial charge in [0.15, 0.2) is 0 Å². The molecule has 1 unspecified atom stereocenters. The number of aromatic nitrogens is 2. The Bertz CT molecular complexity index is 917. The minimum absolute atomic E-state index is 0.549. The molecule has 3 aromatic rings. The molecule has 0 amide bonds. The summed E-state index contributed by atoms with van der Waals surface area (Å²) in [4.78, 5) is 8.97. The highest BCUT2D eigenvalue weighted by Gasteiger charge is 2.16. The van der Waals surface area contributed by atoms with E-state index in [1.54, 1.807) is 6.26 Å². The number of hydrogen-bond acceptors (Lipinski definition) is 5. The third-order valence-electron chi connectivity index (χ3n) is 4.22. The van der Waals surface area contributed by atoms with E-state index in [9.17, 15) is 4.21 Å². The third kappa shape index (κ3) is 4.75. The van der Waals surface area contributed by atoms with Gasteiger partial charge in [0.2, 0.25) is 0 Å². The molecule has 3 rings (SSSR count). The fourth-order valence-electron chi connectivity index (χ4n) is 3.04. The van der Waals surface area contributed by atoms with E-state index in [1.165, 1.54) is 6.33 Å². The van der Waals surface area contributed by atoms with Crippen LogP contribution in [0, 0.1) is 0 Å². The molecule has 28 heavy (non-hydrogen) atoms. The van der Waals surface area contributed by atoms with Crippen LogP contribution in [-0.2, 0) is 17.2 Å². The van der Waals surface area contributed by atoms with Gasteiger partial charge in [-0.05, 0) is 54.8 Å². The van der Waals surface area contributed by atoms with E-state index in [4.69, 9.17) is 9.47 Å². The molecule has 6 heteroatoms. The average Bonchev–Trinajstić information content (AvgIpc) is 2.69. The molecule has 2 aromatic carbocycles. The molecule has 1 aromatic heterocycles. The van der Waals surface area contributed by atoms with Gasteiger partial charge in [-0.1, -0.05) is 12.1 Å². The second-order valence-electron chi connectivity index (χ2n) is 6.24. The lowest BCUT2D eigenvalue weighted by molar-refractivity contribution is 0.325. The summed E-state index contributed by atoms with van der Waals surface area (Å²) in [6.45, 7) is 5.03. The quantitative estimate of drug-likeness (QED) is 0.569. The summed E-state index contributed by atoms with van der Waals surface area (Å²) in [5, 5.41) is 0. The first-order valence-electron chi connectivity index (χ1n) is 9.22. The lowest BCUT2D eigenvalue weighted by atomic mass is 9.98. The molecule has 146 valence electrons. The molecular weight excluding hydrogens is 372 g/mol. The molecule has 5 nitrogen and oxygen atoms in total. The Morgan fingerprint density at radius 3 is 1.96 bits per heavy atom. The van der Waals surface area contributed by atoms with E-state index in [1.807, 2.05) is 62.6 Å². The van der Waals surface area contributed by atoms with E-state index >= 15 is 0 Å². The standard InChI is InChI=1S/C22H24N2O3S/c1-4-26-20-11-16(10-17-13-23-15-24-14-17)12-21(27-5-2)22(20)18-6-8-19(9-7-18)28(3)25/h6-9,11-15H,4-5,10H2,1-3H3. The summed E-state index contributed by atoms with van der Waals surface area (Å²) < 4.78 is 23.6. The van der Waals surface area contributed by atoms with Gasteiger partial charge in [0.25, 0.3) is 0 Å². The Morgan fingerprint density at radius 2 is 1.46 bits per heavy atom. The average molecular weight is 397 g/mol. The van der Waals surface area contributed by atoms with Crippen LogP contribution < -0.4 is 9.47 Å². The first-order chi connectivity index (χ1) is 13.6. The van der Waals surface area contributed by atoms with Crippen LogP contribution in [0.2, 0.25) is 0 Å². The van der Waals surface area contributed by atoms with Gasteiger partial charge in [0.05, 0.1) is 18.8 Å². The smallest absolute Gasteiger partial charge is 0.131 e. The van der Waals surface area contributed by atoms with Crippen LogP contribution in [0.3, 0.4) is 0 Å². The Kier molecular flexibility index (Phi) is 6.76. The van der Waals surface area contributed by atoms with Crippen molar-refractivity contribution in [2.75, 3.05) is 19.5 Å². The molecule has 0 bridgehead atoms. The highest BCUT2D eigenvalue weighted by molar-refractivity contribution is 7.84. The molecule has 0 aliphatic carbocycles. The molecule has 0 spiro atoms. The summed E-state index contributed by atoms with van der Waals surface area (Å²) in [5.74, 6) is 1.54. The Hall–Kier alpha value is -2.73. The third-order valence-corrected chi connectivity index (χ3v) is 5.16. The number of benzene rings is 2. The molecule has 1 atom stereocenters. The zero-order valence-corrected chi connectivity index (χ0v) is 17.2. The molecule has 0 aliphatic heterocycles. The van der Waals surface area contributed by atoms with Gasteiger partial charge in [-0.2, -0.15) is 0 Å². The van der Waals surface area contributed by atoms with Gasteiger partial charge in [-0.25, -0.2) is 9.97 Å². The van der Waals surface area contributed by atoms with Crippen LogP contribution >= 0.6 is 0 Å². The first kappa shape index (κ1) is 20.0. The van der Waals surface area contributed by atoms with Crippen LogP contribution in [0.5, 0.6) is 11.5 Å². The first-order valence-corrected chi connectivity index (χ1v) is 10.8. The summed E-state index contributed by atoms with van der Waals surface area (Å²) >= 11 is 0. The van der Waals surface area contributed by atoms with E-state index in [0.717, 1.165) is 38.6 Å². The monoisotopic (exact) mass is 396 g/mol. The molecule has 0 radical (unpaired) electrons. The van der Waals surface area contributed by atoms with Crippen molar-refractivity contribution in [1.29, 1.82) is 0 Å². The lowest BCUT2D eigenvalue weighted by Gasteiger charge is -2.18. The predicted octanol–water partition coefficient (Wildman–Crippen LogP) is 4.27. The van der Waals surface area contributed by atoms with Crippen molar-refractivity contribution in [3.63, 3.8) is 0 Å². The number of rotatable bonds is 8. The Balaban J connectivity index is 2.07. The second kappa shape index (κ2) is 9.46. The molecule has 0 saturated heterocycles. The lowest BCUT2D eigenvalue weighted by Crippen LogP contribution is -2.02. The molecular formula is C22H24N2O3S. The highest BCUT2D eigenvalue weighted by Crippen LogP contribution is 2.40. The van der Waals surface area contributed by atoms with Crippen LogP contribution in [0.15, 0.2) is 60.0 Å². The normalized spacial score (nSPS) is 11.8. The molecule has 0 fully saturated rings. The van der Waals surface area contributed by atoms with Gasteiger partial charge >= 0.3 is 0 Å². The van der Waals surface area contributed by atoms with Crippen molar-refractivity contribution in [2.45, 2.75) is 25.2 Å². The Labute approximate surface area is 168 Å². The molecule has 0 N–H and O–H groups in total. The fourth-order valence-corrected chi connectivity index (χ4v) is 3.56. The maximum Gasteiger partial charge on any atom is 0.131 e. The summed E-state index contributed by atoms with van der Waals surface area (Å²) in [5.41, 5.74) is 3.97. The zero-order chi connectivity index (χ0) is 19.9. The minimum atomic E-state index is -1.01. The molecule has 0 aliphatic rings. The Morgan fingerprint density at radius 1 is 0.893 bits per heavy atom. The summed E-state index contributed by atoms with van der Waals surface area (Å²) in [6, 6.07) is 11.8. The second-order valence-corrected chi connectivity index (χ2v) is 7.61. The summed E-state index contributed by atoms with van der Waals surface area (Å²) in [7, 11) is -1.01. The van der Waals surface area contributed by atoms with E-state index in [-0.39, 0.29) is 0 Å². The van der Waals surface area contributed by atoms with Crippen molar-refractivity contribution in [1.82, 2.24) is 9.97 Å². The maximum atomic E-state index is 11.7. The fraction of sp³-hybridized carbons (Fsp3) is 0.273. The molecule has 0 saturated carbocycles. The van der Waals surface area contributed by atoms with Crippen molar-refractivity contribution < 1.29 is 13.7 Å².